The molecule has 2 aliphatic rings. The van der Waals surface area contributed by atoms with Crippen LogP contribution in [0, 0.1) is 5.92 Å². The van der Waals surface area contributed by atoms with Gasteiger partial charge in [0.25, 0.3) is 0 Å². The average Bonchev–Trinajstić information content (AvgIpc) is 2.47. The third-order valence-corrected chi connectivity index (χ3v) is 2.28. The second kappa shape index (κ2) is 3.41. The van der Waals surface area contributed by atoms with E-state index in [1.54, 1.807) is 0 Å². The standard InChI is InChI=1S/C8H13NO3/c10-8(6-1-2-9-3-6)12-7-4-11-5-7/h6-7,9H,1-5H2. The first-order valence-corrected chi connectivity index (χ1v) is 4.35. The summed E-state index contributed by atoms with van der Waals surface area (Å²) in [5.41, 5.74) is 0. The first-order valence-electron chi connectivity index (χ1n) is 4.35. The molecule has 0 bridgehead atoms. The van der Waals surface area contributed by atoms with Gasteiger partial charge in [-0.25, -0.2) is 0 Å². The summed E-state index contributed by atoms with van der Waals surface area (Å²) in [6, 6.07) is 0. The van der Waals surface area contributed by atoms with Gasteiger partial charge in [-0.2, -0.15) is 0 Å². The molecule has 2 heterocycles. The van der Waals surface area contributed by atoms with Crippen LogP contribution in [0.25, 0.3) is 0 Å². The monoisotopic (exact) mass is 171 g/mol. The predicted octanol–water partition coefficient (Wildman–Crippen LogP) is -0.462. The first-order chi connectivity index (χ1) is 5.86. The van der Waals surface area contributed by atoms with E-state index in [0.717, 1.165) is 19.5 Å². The van der Waals surface area contributed by atoms with Crippen molar-refractivity contribution in [2.24, 2.45) is 5.92 Å². The fourth-order valence-corrected chi connectivity index (χ4v) is 1.40. The lowest BCUT2D eigenvalue weighted by Crippen LogP contribution is -2.39. The third kappa shape index (κ3) is 1.59. The van der Waals surface area contributed by atoms with Crippen LogP contribution >= 0.6 is 0 Å². The number of esters is 1. The van der Waals surface area contributed by atoms with Gasteiger partial charge in [0.05, 0.1) is 19.1 Å². The number of carbonyl (C=O) groups is 1. The van der Waals surface area contributed by atoms with Crippen LogP contribution in [-0.2, 0) is 14.3 Å². The summed E-state index contributed by atoms with van der Waals surface area (Å²) in [5.74, 6) is 0.0129. The predicted molar refractivity (Wildman–Crippen MR) is 41.7 cm³/mol. The van der Waals surface area contributed by atoms with Crippen molar-refractivity contribution in [1.29, 1.82) is 0 Å². The molecular weight excluding hydrogens is 158 g/mol. The Balaban J connectivity index is 1.74. The Hall–Kier alpha value is -0.610. The Morgan fingerprint density at radius 2 is 2.33 bits per heavy atom. The SMILES string of the molecule is O=C(OC1COC1)C1CCNC1. The highest BCUT2D eigenvalue weighted by Crippen LogP contribution is 2.13. The van der Waals surface area contributed by atoms with Crippen molar-refractivity contribution < 1.29 is 14.3 Å². The number of hydrogen-bond acceptors (Lipinski definition) is 4. The van der Waals surface area contributed by atoms with Gasteiger partial charge in [-0.15, -0.1) is 0 Å². The Kier molecular flexibility index (Phi) is 2.28. The topological polar surface area (TPSA) is 47.6 Å². The molecule has 4 nitrogen and oxygen atoms in total. The van der Waals surface area contributed by atoms with Crippen molar-refractivity contribution in [1.82, 2.24) is 5.32 Å². The van der Waals surface area contributed by atoms with Crippen LogP contribution in [-0.4, -0.2) is 38.4 Å². The number of nitrogens with one attached hydrogen (secondary N) is 1. The Bertz CT molecular complexity index is 173. The van der Waals surface area contributed by atoms with Gasteiger partial charge < -0.3 is 14.8 Å². The summed E-state index contributed by atoms with van der Waals surface area (Å²) in [4.78, 5) is 11.3. The van der Waals surface area contributed by atoms with E-state index in [1.807, 2.05) is 0 Å². The molecule has 2 aliphatic heterocycles. The quantitative estimate of drug-likeness (QED) is 0.571. The number of carbonyl (C=O) groups excluding carboxylic acids is 1. The smallest absolute Gasteiger partial charge is 0.310 e. The van der Waals surface area contributed by atoms with E-state index in [9.17, 15) is 4.79 Å². The molecule has 0 radical (unpaired) electrons. The van der Waals surface area contributed by atoms with Gasteiger partial charge in [0.2, 0.25) is 0 Å². The molecule has 2 rings (SSSR count). The minimum atomic E-state index is -0.0618. The second-order valence-electron chi connectivity index (χ2n) is 3.29. The fourth-order valence-electron chi connectivity index (χ4n) is 1.40. The van der Waals surface area contributed by atoms with Gasteiger partial charge in [-0.1, -0.05) is 0 Å². The number of ether oxygens (including phenoxy) is 2. The van der Waals surface area contributed by atoms with Crippen LogP contribution in [0.5, 0.6) is 0 Å². The highest BCUT2D eigenvalue weighted by atomic mass is 16.6. The minimum absolute atomic E-state index is 0.0260. The second-order valence-corrected chi connectivity index (χ2v) is 3.29. The van der Waals surface area contributed by atoms with Gasteiger partial charge in [0.15, 0.2) is 0 Å². The Morgan fingerprint density at radius 3 is 2.83 bits per heavy atom. The molecule has 1 unspecified atom stereocenters. The van der Waals surface area contributed by atoms with Crippen LogP contribution in [0.4, 0.5) is 0 Å². The lowest BCUT2D eigenvalue weighted by molar-refractivity contribution is -0.176. The molecule has 2 saturated heterocycles. The molecule has 0 aromatic rings. The van der Waals surface area contributed by atoms with Crippen LogP contribution in [0.1, 0.15) is 6.42 Å². The first kappa shape index (κ1) is 8.01. The fraction of sp³-hybridized carbons (Fsp3) is 0.875. The van der Waals surface area contributed by atoms with Gasteiger partial charge in [-0.3, -0.25) is 4.79 Å². The zero-order valence-corrected chi connectivity index (χ0v) is 6.91. The van der Waals surface area contributed by atoms with Gasteiger partial charge in [0.1, 0.15) is 6.10 Å². The molecule has 1 N–H and O–H groups in total. The van der Waals surface area contributed by atoms with E-state index in [4.69, 9.17) is 9.47 Å². The van der Waals surface area contributed by atoms with Gasteiger partial charge in [0, 0.05) is 6.54 Å². The average molecular weight is 171 g/mol. The van der Waals surface area contributed by atoms with Crippen molar-refractivity contribution in [2.75, 3.05) is 26.3 Å². The van der Waals surface area contributed by atoms with Crippen LogP contribution in [0.3, 0.4) is 0 Å². The maximum Gasteiger partial charge on any atom is 0.310 e. The van der Waals surface area contributed by atoms with Gasteiger partial charge >= 0.3 is 5.97 Å². The third-order valence-electron chi connectivity index (χ3n) is 2.28. The molecule has 2 fully saturated rings. The van der Waals surface area contributed by atoms with E-state index < -0.39 is 0 Å². The van der Waals surface area contributed by atoms with Crippen molar-refractivity contribution in [3.8, 4) is 0 Å². The van der Waals surface area contributed by atoms with E-state index in [2.05, 4.69) is 5.32 Å². The normalized spacial score (nSPS) is 29.8. The van der Waals surface area contributed by atoms with Crippen LogP contribution < -0.4 is 5.32 Å². The zero-order chi connectivity index (χ0) is 8.39. The van der Waals surface area contributed by atoms with Crippen molar-refractivity contribution in [3.05, 3.63) is 0 Å². The summed E-state index contributed by atoms with van der Waals surface area (Å²) in [6.45, 7) is 2.85. The van der Waals surface area contributed by atoms with Gasteiger partial charge in [-0.05, 0) is 13.0 Å². The van der Waals surface area contributed by atoms with E-state index in [-0.39, 0.29) is 18.0 Å². The summed E-state index contributed by atoms with van der Waals surface area (Å²) < 4.78 is 10.1. The molecule has 1 atom stereocenters. The highest BCUT2D eigenvalue weighted by molar-refractivity contribution is 5.73. The number of rotatable bonds is 2. The summed E-state index contributed by atoms with van der Waals surface area (Å²) in [7, 11) is 0. The number of hydrogen-bond donors (Lipinski definition) is 1. The molecule has 0 aromatic carbocycles. The van der Waals surface area contributed by atoms with E-state index in [0.29, 0.717) is 13.2 Å². The Labute approximate surface area is 71.2 Å². The maximum absolute atomic E-state index is 11.3. The molecule has 12 heavy (non-hydrogen) atoms. The van der Waals surface area contributed by atoms with E-state index in [1.165, 1.54) is 0 Å². The lowest BCUT2D eigenvalue weighted by atomic mass is 10.1. The largest absolute Gasteiger partial charge is 0.457 e. The molecule has 4 heteroatoms. The minimum Gasteiger partial charge on any atom is -0.457 e. The van der Waals surface area contributed by atoms with Crippen LogP contribution in [0.15, 0.2) is 0 Å². The zero-order valence-electron chi connectivity index (χ0n) is 6.91. The molecule has 0 amide bonds. The van der Waals surface area contributed by atoms with Crippen molar-refractivity contribution >= 4 is 5.97 Å². The molecule has 0 aliphatic carbocycles. The Morgan fingerprint density at radius 1 is 1.50 bits per heavy atom. The molecule has 0 saturated carbocycles. The maximum atomic E-state index is 11.3. The molecule has 0 spiro atoms. The summed E-state index contributed by atoms with van der Waals surface area (Å²) in [5, 5.41) is 3.13. The molecule has 68 valence electrons. The summed E-state index contributed by atoms with van der Waals surface area (Å²) >= 11 is 0. The lowest BCUT2D eigenvalue weighted by Gasteiger charge is -2.26. The van der Waals surface area contributed by atoms with Crippen molar-refractivity contribution in [3.63, 3.8) is 0 Å². The van der Waals surface area contributed by atoms with E-state index >= 15 is 0 Å². The molecule has 0 aromatic heterocycles. The molecular formula is C8H13NO3. The van der Waals surface area contributed by atoms with Crippen LogP contribution in [0.2, 0.25) is 0 Å². The highest BCUT2D eigenvalue weighted by Gasteiger charge is 2.29. The summed E-state index contributed by atoms with van der Waals surface area (Å²) in [6.07, 6.45) is 0.935. The van der Waals surface area contributed by atoms with Crippen molar-refractivity contribution in [2.45, 2.75) is 12.5 Å².